The monoisotopic (exact) mass is 216 g/mol. The van der Waals surface area contributed by atoms with E-state index in [2.05, 4.69) is 15.0 Å². The second-order valence-electron chi connectivity index (χ2n) is 3.27. The molecule has 1 atom stereocenters. The molecule has 0 amide bonds. The van der Waals surface area contributed by atoms with Gasteiger partial charge < -0.3 is 14.4 Å². The third kappa shape index (κ3) is 1.76. The maximum absolute atomic E-state index is 10.6. The number of aliphatic imine (C=N–C) groups is 1. The minimum absolute atomic E-state index is 0.0265. The molecule has 1 aromatic heterocycles. The normalized spacial score (nSPS) is 23.6. The van der Waals surface area contributed by atoms with Crippen LogP contribution in [0.1, 0.15) is 10.5 Å². The molecule has 3 heterocycles. The molecule has 9 heteroatoms. The van der Waals surface area contributed by atoms with Gasteiger partial charge in [-0.25, -0.2) is 14.8 Å². The van der Waals surface area contributed by atoms with E-state index in [1.165, 1.54) is 12.3 Å². The first-order valence-electron chi connectivity index (χ1n) is 4.54. The topological polar surface area (TPSA) is 100 Å². The number of nitrogens with zero attached hydrogens (tertiary/aromatic N) is 3. The highest BCUT2D eigenvalue weighted by Crippen LogP contribution is 2.24. The molecule has 1 aromatic rings. The Bertz CT molecular complexity index is 490. The van der Waals surface area contributed by atoms with Crippen molar-refractivity contribution < 1.29 is 19.2 Å². The zero-order valence-electron chi connectivity index (χ0n) is 7.90. The summed E-state index contributed by atoms with van der Waals surface area (Å²) in [6, 6.07) is 1.30. The predicted octanol–water partition coefficient (Wildman–Crippen LogP) is -0.720. The minimum atomic E-state index is -1.11. The summed E-state index contributed by atoms with van der Waals surface area (Å²) in [6.45, 7) is -0.155. The molecule has 0 aromatic carbocycles. The fourth-order valence-corrected chi connectivity index (χ4v) is 1.20. The Balaban J connectivity index is 1.79. The average molecular weight is 216 g/mol. The Kier molecular flexibility index (Phi) is 1.93. The number of hydrogen-bond donors (Lipinski definition) is 1. The van der Waals surface area contributed by atoms with Gasteiger partial charge in [-0.05, 0) is 6.07 Å². The van der Waals surface area contributed by atoms with Crippen LogP contribution < -0.4 is 0 Å². The van der Waals surface area contributed by atoms with Gasteiger partial charge in [0.25, 0.3) is 5.95 Å². The molecule has 1 N–H and O–H groups in total. The van der Waals surface area contributed by atoms with Crippen LogP contribution in [0.15, 0.2) is 17.3 Å². The molecular formula is C7H4B2N3O4. The van der Waals surface area contributed by atoms with E-state index in [9.17, 15) is 4.79 Å². The van der Waals surface area contributed by atoms with Crippen molar-refractivity contribution in [1.82, 2.24) is 9.97 Å². The summed E-state index contributed by atoms with van der Waals surface area (Å²) >= 11 is 0. The maximum Gasteiger partial charge on any atom is 0.474 e. The third-order valence-electron chi connectivity index (χ3n) is 2.10. The highest BCUT2D eigenvalue weighted by molar-refractivity contribution is 7.04. The number of carbonyl (C=O) groups is 1. The van der Waals surface area contributed by atoms with E-state index in [1.54, 1.807) is 7.48 Å². The van der Waals surface area contributed by atoms with Crippen molar-refractivity contribution in [2.75, 3.05) is 0 Å². The van der Waals surface area contributed by atoms with E-state index in [0.29, 0.717) is 5.80 Å². The standard InChI is InChI=1S/C7H4B2N3O4/c13-4(14)3-1-2-10-7(11-3)12-6-9(16-6)5-8-15-5/h1-2,5H,(H,13,14). The van der Waals surface area contributed by atoms with E-state index < -0.39 is 5.97 Å². The zero-order valence-corrected chi connectivity index (χ0v) is 7.90. The number of hydrogen-bond acceptors (Lipinski definition) is 6. The van der Waals surface area contributed by atoms with Crippen molar-refractivity contribution in [2.45, 2.75) is 5.90 Å². The summed E-state index contributed by atoms with van der Waals surface area (Å²) < 4.78 is 10.0. The molecular weight excluding hydrogens is 212 g/mol. The molecule has 0 bridgehead atoms. The number of carboxylic acids is 1. The Morgan fingerprint density at radius 3 is 3.19 bits per heavy atom. The fraction of sp³-hybridized carbons (Fsp3) is 0.143. The van der Waals surface area contributed by atoms with Crippen LogP contribution in [0.25, 0.3) is 0 Å². The first kappa shape index (κ1) is 9.34. The number of carboxylic acid groups (broad SMARTS) is 1. The molecule has 1 unspecified atom stereocenters. The first-order valence-corrected chi connectivity index (χ1v) is 4.54. The van der Waals surface area contributed by atoms with Gasteiger partial charge in [0, 0.05) is 6.20 Å². The zero-order chi connectivity index (χ0) is 11.1. The van der Waals surface area contributed by atoms with Gasteiger partial charge in [0.15, 0.2) is 11.5 Å². The number of aromatic nitrogens is 2. The molecule has 2 saturated heterocycles. The van der Waals surface area contributed by atoms with Crippen molar-refractivity contribution in [3.63, 3.8) is 0 Å². The molecule has 0 aliphatic carbocycles. The second kappa shape index (κ2) is 3.31. The van der Waals surface area contributed by atoms with Crippen LogP contribution in [0.3, 0.4) is 0 Å². The van der Waals surface area contributed by atoms with Crippen LogP contribution in [-0.4, -0.2) is 47.1 Å². The highest BCUT2D eigenvalue weighted by Gasteiger charge is 2.57. The van der Waals surface area contributed by atoms with Crippen LogP contribution in [-0.2, 0) is 9.31 Å². The minimum Gasteiger partial charge on any atom is -0.544 e. The highest BCUT2D eigenvalue weighted by atomic mass is 16.6. The van der Waals surface area contributed by atoms with Gasteiger partial charge in [0.05, 0.1) is 5.90 Å². The lowest BCUT2D eigenvalue weighted by Crippen LogP contribution is -2.05. The predicted molar refractivity (Wildman–Crippen MR) is 53.6 cm³/mol. The van der Waals surface area contributed by atoms with E-state index in [0.717, 1.165) is 0 Å². The summed E-state index contributed by atoms with van der Waals surface area (Å²) in [4.78, 5) is 22.2. The van der Waals surface area contributed by atoms with Crippen molar-refractivity contribution in [3.8, 4) is 0 Å². The molecule has 3 rings (SSSR count). The lowest BCUT2D eigenvalue weighted by atomic mass is 9.65. The Labute approximate surface area is 90.9 Å². The van der Waals surface area contributed by atoms with Gasteiger partial charge in [0.2, 0.25) is 0 Å². The van der Waals surface area contributed by atoms with E-state index in [1.807, 2.05) is 0 Å². The van der Waals surface area contributed by atoms with Gasteiger partial charge in [-0.3, -0.25) is 0 Å². The summed E-state index contributed by atoms with van der Waals surface area (Å²) in [5.41, 5.74) is -0.0965. The third-order valence-corrected chi connectivity index (χ3v) is 2.10. The van der Waals surface area contributed by atoms with Crippen LogP contribution in [0, 0.1) is 0 Å². The van der Waals surface area contributed by atoms with E-state index in [4.69, 9.17) is 14.4 Å². The SMILES string of the molecule is O=C(O)c1ccnc(N=C2OB2C2[B]O2)n1. The van der Waals surface area contributed by atoms with Crippen LogP contribution in [0.4, 0.5) is 5.95 Å². The molecule has 2 aliphatic heterocycles. The first-order chi connectivity index (χ1) is 7.74. The summed E-state index contributed by atoms with van der Waals surface area (Å²) in [6.07, 6.45) is 1.34. The molecule has 2 fully saturated rings. The quantitative estimate of drug-likeness (QED) is 0.528. The van der Waals surface area contributed by atoms with Crippen LogP contribution in [0.5, 0.6) is 0 Å². The lowest BCUT2D eigenvalue weighted by Gasteiger charge is -1.92. The van der Waals surface area contributed by atoms with Gasteiger partial charge in [-0.2, -0.15) is 4.99 Å². The van der Waals surface area contributed by atoms with Gasteiger partial charge in [-0.1, -0.05) is 0 Å². The summed E-state index contributed by atoms with van der Waals surface area (Å²) in [5.74, 6) is -0.586. The largest absolute Gasteiger partial charge is 0.544 e. The lowest BCUT2D eigenvalue weighted by molar-refractivity contribution is 0.0690. The Hall–Kier alpha value is -1.89. The van der Waals surface area contributed by atoms with Crippen molar-refractivity contribution in [1.29, 1.82) is 0 Å². The molecule has 7 nitrogen and oxygen atoms in total. The van der Waals surface area contributed by atoms with Gasteiger partial charge in [-0.15, -0.1) is 0 Å². The molecule has 1 radical (unpaired) electrons. The molecule has 2 aliphatic rings. The van der Waals surface area contributed by atoms with E-state index in [-0.39, 0.29) is 24.5 Å². The summed E-state index contributed by atoms with van der Waals surface area (Å²) in [7, 11) is 1.64. The molecule has 77 valence electrons. The van der Waals surface area contributed by atoms with Crippen LogP contribution >= 0.6 is 0 Å². The van der Waals surface area contributed by atoms with Gasteiger partial charge in [0.1, 0.15) is 0 Å². The van der Waals surface area contributed by atoms with Crippen LogP contribution in [0.2, 0.25) is 0 Å². The molecule has 0 saturated carbocycles. The van der Waals surface area contributed by atoms with Crippen molar-refractivity contribution >= 4 is 32.1 Å². The van der Waals surface area contributed by atoms with Crippen molar-refractivity contribution in [3.05, 3.63) is 18.0 Å². The second-order valence-corrected chi connectivity index (χ2v) is 3.27. The molecule has 0 spiro atoms. The fourth-order valence-electron chi connectivity index (χ4n) is 1.20. The Morgan fingerprint density at radius 1 is 1.69 bits per heavy atom. The average Bonchev–Trinajstić information content (AvgIpc) is 3.11. The van der Waals surface area contributed by atoms with Gasteiger partial charge >= 0.3 is 20.4 Å². The Morgan fingerprint density at radius 2 is 2.50 bits per heavy atom. The number of rotatable bonds is 3. The smallest absolute Gasteiger partial charge is 0.474 e. The summed E-state index contributed by atoms with van der Waals surface area (Å²) in [5, 5.41) is 8.71. The van der Waals surface area contributed by atoms with E-state index >= 15 is 0 Å². The maximum atomic E-state index is 10.6. The van der Waals surface area contributed by atoms with Crippen molar-refractivity contribution in [2.24, 2.45) is 4.99 Å². The number of aromatic carboxylic acids is 1. The molecule has 16 heavy (non-hydrogen) atoms.